The van der Waals surface area contributed by atoms with Crippen molar-refractivity contribution in [3.8, 4) is 0 Å². The second-order valence-corrected chi connectivity index (χ2v) is 9.48. The number of anilines is 1. The summed E-state index contributed by atoms with van der Waals surface area (Å²) in [5, 5.41) is 2.69. The third kappa shape index (κ3) is 3.72. The SMILES string of the molecule is CN1C(=O)c2cccc(NC(=O)C3CCCN(S(=O)(=O)c4ccc(F)cc4)C3)c2C1=O. The Morgan fingerprint density at radius 2 is 1.81 bits per heavy atom. The van der Waals surface area contributed by atoms with E-state index >= 15 is 0 Å². The Morgan fingerprint density at radius 1 is 1.10 bits per heavy atom. The van der Waals surface area contributed by atoms with E-state index in [4.69, 9.17) is 0 Å². The molecule has 0 aliphatic carbocycles. The topological polar surface area (TPSA) is 104 Å². The molecule has 0 bridgehead atoms. The smallest absolute Gasteiger partial charge is 0.263 e. The van der Waals surface area contributed by atoms with Gasteiger partial charge in [0.1, 0.15) is 5.82 Å². The molecule has 2 aliphatic rings. The molecule has 2 heterocycles. The normalized spacial score (nSPS) is 19.4. The quantitative estimate of drug-likeness (QED) is 0.726. The van der Waals surface area contributed by atoms with Gasteiger partial charge in [0.15, 0.2) is 0 Å². The number of hydrogen-bond donors (Lipinski definition) is 1. The molecule has 8 nitrogen and oxygen atoms in total. The number of rotatable bonds is 4. The van der Waals surface area contributed by atoms with Crippen LogP contribution in [0.3, 0.4) is 0 Å². The van der Waals surface area contributed by atoms with Gasteiger partial charge in [0, 0.05) is 20.1 Å². The molecule has 162 valence electrons. The van der Waals surface area contributed by atoms with Crippen molar-refractivity contribution in [2.24, 2.45) is 5.92 Å². The van der Waals surface area contributed by atoms with Crippen molar-refractivity contribution in [1.29, 1.82) is 0 Å². The molecule has 0 aromatic heterocycles. The Hall–Kier alpha value is -3.11. The van der Waals surface area contributed by atoms with E-state index in [0.717, 1.165) is 17.0 Å². The van der Waals surface area contributed by atoms with E-state index < -0.39 is 39.5 Å². The molecular weight excluding hydrogens is 425 g/mol. The highest BCUT2D eigenvalue weighted by atomic mass is 32.2. The van der Waals surface area contributed by atoms with E-state index in [1.807, 2.05) is 0 Å². The number of halogens is 1. The summed E-state index contributed by atoms with van der Waals surface area (Å²) in [6, 6.07) is 9.17. The third-order valence-corrected chi connectivity index (χ3v) is 7.46. The number of piperidine rings is 1. The summed E-state index contributed by atoms with van der Waals surface area (Å²) >= 11 is 0. The summed E-state index contributed by atoms with van der Waals surface area (Å²) in [7, 11) is -2.50. The molecule has 3 amide bonds. The third-order valence-electron chi connectivity index (χ3n) is 5.58. The minimum absolute atomic E-state index is 0.0344. The Bertz CT molecular complexity index is 1180. The van der Waals surface area contributed by atoms with Crippen LogP contribution < -0.4 is 5.32 Å². The lowest BCUT2D eigenvalue weighted by Crippen LogP contribution is -2.43. The first kappa shape index (κ1) is 21.1. The minimum atomic E-state index is -3.87. The fourth-order valence-electron chi connectivity index (χ4n) is 3.87. The molecule has 0 spiro atoms. The van der Waals surface area contributed by atoms with Gasteiger partial charge in [-0.3, -0.25) is 19.3 Å². The highest BCUT2D eigenvalue weighted by Crippen LogP contribution is 2.30. The number of carbonyl (C=O) groups excluding carboxylic acids is 3. The van der Waals surface area contributed by atoms with Gasteiger partial charge in [0.25, 0.3) is 11.8 Å². The number of hydrogen-bond acceptors (Lipinski definition) is 5. The van der Waals surface area contributed by atoms with Crippen LogP contribution in [0.5, 0.6) is 0 Å². The van der Waals surface area contributed by atoms with E-state index in [0.29, 0.717) is 12.8 Å². The Labute approximate surface area is 178 Å². The van der Waals surface area contributed by atoms with Gasteiger partial charge in [0.2, 0.25) is 15.9 Å². The number of imide groups is 1. The molecule has 31 heavy (non-hydrogen) atoms. The summed E-state index contributed by atoms with van der Waals surface area (Å²) in [5.41, 5.74) is 0.577. The van der Waals surface area contributed by atoms with Gasteiger partial charge in [0.05, 0.1) is 27.6 Å². The molecule has 1 unspecified atom stereocenters. The lowest BCUT2D eigenvalue weighted by molar-refractivity contribution is -0.120. The first-order chi connectivity index (χ1) is 14.7. The van der Waals surface area contributed by atoms with Crippen LogP contribution in [-0.2, 0) is 14.8 Å². The second-order valence-electron chi connectivity index (χ2n) is 7.54. The number of amides is 3. The zero-order valence-electron chi connectivity index (χ0n) is 16.7. The molecule has 0 saturated carbocycles. The number of benzene rings is 2. The van der Waals surface area contributed by atoms with Gasteiger partial charge in [-0.2, -0.15) is 4.31 Å². The van der Waals surface area contributed by atoms with Crippen molar-refractivity contribution in [3.63, 3.8) is 0 Å². The second kappa shape index (κ2) is 7.86. The van der Waals surface area contributed by atoms with Crippen molar-refractivity contribution >= 4 is 33.4 Å². The predicted molar refractivity (Wildman–Crippen MR) is 109 cm³/mol. The molecule has 1 fully saturated rings. The summed E-state index contributed by atoms with van der Waals surface area (Å²) in [6.45, 7) is 0.218. The monoisotopic (exact) mass is 445 g/mol. The molecular formula is C21H20FN3O5S. The van der Waals surface area contributed by atoms with Crippen LogP contribution in [0.2, 0.25) is 0 Å². The molecule has 1 N–H and O–H groups in total. The molecule has 1 saturated heterocycles. The van der Waals surface area contributed by atoms with E-state index in [-0.39, 0.29) is 34.8 Å². The standard InChI is InChI=1S/C21H20FN3O5S/c1-24-20(27)16-5-2-6-17(18(16)21(24)28)23-19(26)13-4-3-11-25(12-13)31(29,30)15-9-7-14(22)8-10-15/h2,5-10,13H,3-4,11-12H2,1H3,(H,23,26). The summed E-state index contributed by atoms with van der Waals surface area (Å²) in [4.78, 5) is 38.4. The van der Waals surface area contributed by atoms with Crippen LogP contribution in [0.4, 0.5) is 10.1 Å². The highest BCUT2D eigenvalue weighted by molar-refractivity contribution is 7.89. The zero-order chi connectivity index (χ0) is 22.3. The minimum Gasteiger partial charge on any atom is -0.325 e. The summed E-state index contributed by atoms with van der Waals surface area (Å²) in [5.74, 6) is -2.54. The Balaban J connectivity index is 1.53. The fraction of sp³-hybridized carbons (Fsp3) is 0.286. The van der Waals surface area contributed by atoms with E-state index in [9.17, 15) is 27.2 Å². The number of fused-ring (bicyclic) bond motifs is 1. The maximum absolute atomic E-state index is 13.2. The maximum atomic E-state index is 13.2. The van der Waals surface area contributed by atoms with Crippen LogP contribution in [0.25, 0.3) is 0 Å². The molecule has 10 heteroatoms. The zero-order valence-corrected chi connectivity index (χ0v) is 17.5. The largest absolute Gasteiger partial charge is 0.325 e. The van der Waals surface area contributed by atoms with Gasteiger partial charge < -0.3 is 5.32 Å². The Kier molecular flexibility index (Phi) is 5.36. The van der Waals surface area contributed by atoms with E-state index in [1.54, 1.807) is 6.07 Å². The van der Waals surface area contributed by atoms with Gasteiger partial charge in [-0.05, 0) is 49.2 Å². The van der Waals surface area contributed by atoms with Gasteiger partial charge >= 0.3 is 0 Å². The number of sulfonamides is 1. The van der Waals surface area contributed by atoms with Crippen LogP contribution in [-0.4, -0.2) is 55.5 Å². The van der Waals surface area contributed by atoms with Gasteiger partial charge in [-0.25, -0.2) is 12.8 Å². The van der Waals surface area contributed by atoms with Crippen LogP contribution in [0, 0.1) is 11.7 Å². The first-order valence-corrected chi connectivity index (χ1v) is 11.2. The lowest BCUT2D eigenvalue weighted by atomic mass is 9.98. The predicted octanol–water partition coefficient (Wildman–Crippen LogP) is 2.09. The van der Waals surface area contributed by atoms with E-state index in [1.165, 1.54) is 35.6 Å². The average molecular weight is 445 g/mol. The van der Waals surface area contributed by atoms with Crippen LogP contribution in [0.15, 0.2) is 47.4 Å². The molecule has 4 rings (SSSR count). The molecule has 0 radical (unpaired) electrons. The number of nitrogens with zero attached hydrogens (tertiary/aromatic N) is 2. The molecule has 1 atom stereocenters. The molecule has 2 aromatic rings. The van der Waals surface area contributed by atoms with Crippen molar-refractivity contribution in [2.45, 2.75) is 17.7 Å². The van der Waals surface area contributed by atoms with Crippen molar-refractivity contribution in [2.75, 3.05) is 25.5 Å². The van der Waals surface area contributed by atoms with Crippen LogP contribution >= 0.6 is 0 Å². The summed E-state index contributed by atoms with van der Waals surface area (Å²) in [6.07, 6.45) is 0.953. The maximum Gasteiger partial charge on any atom is 0.263 e. The first-order valence-electron chi connectivity index (χ1n) is 9.72. The molecule has 2 aromatic carbocycles. The average Bonchev–Trinajstić information content (AvgIpc) is 2.99. The van der Waals surface area contributed by atoms with Crippen molar-refractivity contribution in [1.82, 2.24) is 9.21 Å². The van der Waals surface area contributed by atoms with Gasteiger partial charge in [-0.15, -0.1) is 0 Å². The Morgan fingerprint density at radius 3 is 2.52 bits per heavy atom. The fourth-order valence-corrected chi connectivity index (χ4v) is 5.39. The lowest BCUT2D eigenvalue weighted by Gasteiger charge is -2.31. The number of nitrogens with one attached hydrogen (secondary N) is 1. The van der Waals surface area contributed by atoms with Crippen molar-refractivity contribution < 1.29 is 27.2 Å². The van der Waals surface area contributed by atoms with Gasteiger partial charge in [-0.1, -0.05) is 6.07 Å². The highest BCUT2D eigenvalue weighted by Gasteiger charge is 2.37. The molecule has 2 aliphatic heterocycles. The van der Waals surface area contributed by atoms with E-state index in [2.05, 4.69) is 5.32 Å². The summed E-state index contributed by atoms with van der Waals surface area (Å²) < 4.78 is 40.1. The van der Waals surface area contributed by atoms with Crippen LogP contribution in [0.1, 0.15) is 33.6 Å². The number of carbonyl (C=O) groups is 3. The van der Waals surface area contributed by atoms with Crippen molar-refractivity contribution in [3.05, 3.63) is 59.4 Å².